The van der Waals surface area contributed by atoms with Gasteiger partial charge in [-0.05, 0) is 103 Å². The SMILES string of the molecule is CC/C=C\C/C=C\C/C=C\C/C=C\C/C=C\CCCCCC(=O)OCC(COC(=O)CCCCCCCCCCCC)OC(=O)CCCCCCCC/C=C\C/C=C\C/C=C\C/C=C\CC. The number of hydrogen-bond donors (Lipinski definition) is 0. The van der Waals surface area contributed by atoms with Crippen molar-refractivity contribution in [2.24, 2.45) is 0 Å². The molecule has 0 aliphatic carbocycles. The van der Waals surface area contributed by atoms with Crippen molar-refractivity contribution in [2.75, 3.05) is 13.2 Å². The Bertz CT molecular complexity index is 1370. The van der Waals surface area contributed by atoms with Gasteiger partial charge in [-0.1, -0.05) is 220 Å². The van der Waals surface area contributed by atoms with Crippen LogP contribution in [0.3, 0.4) is 0 Å². The highest BCUT2D eigenvalue weighted by Crippen LogP contribution is 2.14. The zero-order chi connectivity index (χ0) is 47.9. The number of esters is 3. The summed E-state index contributed by atoms with van der Waals surface area (Å²) in [5.74, 6) is -0.947. The van der Waals surface area contributed by atoms with Crippen molar-refractivity contribution in [1.29, 1.82) is 0 Å². The Labute approximate surface area is 406 Å². The van der Waals surface area contributed by atoms with Gasteiger partial charge in [0.05, 0.1) is 0 Å². The van der Waals surface area contributed by atoms with E-state index >= 15 is 0 Å². The van der Waals surface area contributed by atoms with Gasteiger partial charge in [-0.2, -0.15) is 0 Å². The highest BCUT2D eigenvalue weighted by Gasteiger charge is 2.19. The quantitative estimate of drug-likeness (QED) is 0.0262. The largest absolute Gasteiger partial charge is 0.462 e. The second-order valence-corrected chi connectivity index (χ2v) is 17.4. The first-order valence-electron chi connectivity index (χ1n) is 26.9. The molecule has 0 aromatic carbocycles. The second-order valence-electron chi connectivity index (χ2n) is 17.4. The Kier molecular flexibility index (Phi) is 50.5. The molecule has 0 aromatic heterocycles. The smallest absolute Gasteiger partial charge is 0.306 e. The summed E-state index contributed by atoms with van der Waals surface area (Å²) in [6.07, 6.45) is 72.1. The minimum atomic E-state index is -0.799. The summed E-state index contributed by atoms with van der Waals surface area (Å²) in [6.45, 7) is 6.35. The van der Waals surface area contributed by atoms with Gasteiger partial charge in [-0.25, -0.2) is 0 Å². The normalized spacial score (nSPS) is 13.0. The van der Waals surface area contributed by atoms with Crippen LogP contribution in [-0.4, -0.2) is 37.2 Å². The van der Waals surface area contributed by atoms with E-state index in [9.17, 15) is 14.4 Å². The third kappa shape index (κ3) is 51.1. The molecule has 0 N–H and O–H groups in total. The number of rotatable bonds is 47. The molecule has 6 nitrogen and oxygen atoms in total. The monoisotopic (exact) mass is 915 g/mol. The number of allylic oxidation sites excluding steroid dienone is 18. The molecule has 0 aliphatic rings. The van der Waals surface area contributed by atoms with E-state index in [1.54, 1.807) is 0 Å². The third-order valence-electron chi connectivity index (χ3n) is 11.0. The summed E-state index contributed by atoms with van der Waals surface area (Å²) in [5, 5.41) is 0. The highest BCUT2D eigenvalue weighted by molar-refractivity contribution is 5.71. The first-order valence-corrected chi connectivity index (χ1v) is 26.9. The summed E-state index contributed by atoms with van der Waals surface area (Å²) in [4.78, 5) is 38.0. The lowest BCUT2D eigenvalue weighted by molar-refractivity contribution is -0.167. The van der Waals surface area contributed by atoms with Crippen LogP contribution in [0, 0.1) is 0 Å². The summed E-state index contributed by atoms with van der Waals surface area (Å²) in [7, 11) is 0. The van der Waals surface area contributed by atoms with E-state index < -0.39 is 6.10 Å². The fourth-order valence-electron chi connectivity index (χ4n) is 7.05. The zero-order valence-electron chi connectivity index (χ0n) is 42.7. The topological polar surface area (TPSA) is 78.9 Å². The number of carbonyl (C=O) groups is 3. The fourth-order valence-corrected chi connectivity index (χ4v) is 7.05. The number of hydrogen-bond acceptors (Lipinski definition) is 6. The Morgan fingerprint density at radius 2 is 0.591 bits per heavy atom. The van der Waals surface area contributed by atoms with E-state index in [1.165, 1.54) is 57.8 Å². The van der Waals surface area contributed by atoms with Crippen molar-refractivity contribution in [3.63, 3.8) is 0 Å². The number of carbonyl (C=O) groups excluding carboxylic acids is 3. The third-order valence-corrected chi connectivity index (χ3v) is 11.0. The maximum Gasteiger partial charge on any atom is 0.306 e. The maximum absolute atomic E-state index is 12.8. The van der Waals surface area contributed by atoms with Crippen molar-refractivity contribution in [1.82, 2.24) is 0 Å². The molecule has 0 aliphatic heterocycles. The van der Waals surface area contributed by atoms with Crippen LogP contribution in [0.2, 0.25) is 0 Å². The van der Waals surface area contributed by atoms with Crippen LogP contribution in [0.1, 0.15) is 233 Å². The molecule has 0 heterocycles. The van der Waals surface area contributed by atoms with Crippen LogP contribution in [0.5, 0.6) is 0 Å². The lowest BCUT2D eigenvalue weighted by atomic mass is 10.1. The Morgan fingerprint density at radius 1 is 0.318 bits per heavy atom. The van der Waals surface area contributed by atoms with Crippen LogP contribution in [0.4, 0.5) is 0 Å². The van der Waals surface area contributed by atoms with Crippen molar-refractivity contribution >= 4 is 17.9 Å². The molecule has 0 spiro atoms. The lowest BCUT2D eigenvalue weighted by Crippen LogP contribution is -2.30. The van der Waals surface area contributed by atoms with E-state index in [2.05, 4.69) is 130 Å². The minimum Gasteiger partial charge on any atom is -0.462 e. The Morgan fingerprint density at radius 3 is 0.939 bits per heavy atom. The first kappa shape index (κ1) is 62.1. The summed E-state index contributed by atoms with van der Waals surface area (Å²) < 4.78 is 16.8. The van der Waals surface area contributed by atoms with Gasteiger partial charge in [-0.3, -0.25) is 14.4 Å². The van der Waals surface area contributed by atoms with Crippen LogP contribution in [0.15, 0.2) is 109 Å². The summed E-state index contributed by atoms with van der Waals surface area (Å²) >= 11 is 0. The van der Waals surface area contributed by atoms with E-state index in [-0.39, 0.29) is 31.1 Å². The van der Waals surface area contributed by atoms with Gasteiger partial charge in [-0.15, -0.1) is 0 Å². The van der Waals surface area contributed by atoms with Crippen LogP contribution < -0.4 is 0 Å². The molecule has 1 unspecified atom stereocenters. The van der Waals surface area contributed by atoms with Gasteiger partial charge < -0.3 is 14.2 Å². The first-order chi connectivity index (χ1) is 32.5. The molecule has 0 aromatic rings. The van der Waals surface area contributed by atoms with Crippen LogP contribution >= 0.6 is 0 Å². The fraction of sp³-hybridized carbons (Fsp3) is 0.650. The molecular weight excluding hydrogens is 817 g/mol. The average Bonchev–Trinajstić information content (AvgIpc) is 3.31. The predicted octanol–water partition coefficient (Wildman–Crippen LogP) is 17.9. The molecule has 0 fully saturated rings. The molecule has 0 saturated carbocycles. The minimum absolute atomic E-state index is 0.0951. The van der Waals surface area contributed by atoms with Crippen LogP contribution in [-0.2, 0) is 28.6 Å². The van der Waals surface area contributed by atoms with Gasteiger partial charge in [0.1, 0.15) is 13.2 Å². The van der Waals surface area contributed by atoms with E-state index in [1.807, 2.05) is 0 Å². The van der Waals surface area contributed by atoms with Gasteiger partial charge >= 0.3 is 17.9 Å². The maximum atomic E-state index is 12.8. The molecule has 0 bridgehead atoms. The van der Waals surface area contributed by atoms with Gasteiger partial charge in [0.15, 0.2) is 6.10 Å². The average molecular weight is 915 g/mol. The van der Waals surface area contributed by atoms with Gasteiger partial charge in [0, 0.05) is 19.3 Å². The molecular formula is C60H98O6. The molecule has 0 rings (SSSR count). The molecule has 1 atom stereocenters. The van der Waals surface area contributed by atoms with Gasteiger partial charge in [0.25, 0.3) is 0 Å². The summed E-state index contributed by atoms with van der Waals surface area (Å²) in [5.41, 5.74) is 0. The van der Waals surface area contributed by atoms with Crippen molar-refractivity contribution < 1.29 is 28.6 Å². The van der Waals surface area contributed by atoms with Crippen molar-refractivity contribution in [3.05, 3.63) is 109 Å². The second kappa shape index (κ2) is 53.7. The van der Waals surface area contributed by atoms with Crippen molar-refractivity contribution in [3.8, 4) is 0 Å². The van der Waals surface area contributed by atoms with E-state index in [4.69, 9.17) is 14.2 Å². The lowest BCUT2D eigenvalue weighted by Gasteiger charge is -2.18. The van der Waals surface area contributed by atoms with E-state index in [0.717, 1.165) is 135 Å². The molecule has 6 heteroatoms. The molecule has 0 radical (unpaired) electrons. The molecule has 0 saturated heterocycles. The summed E-state index contributed by atoms with van der Waals surface area (Å²) in [6, 6.07) is 0. The van der Waals surface area contributed by atoms with E-state index in [0.29, 0.717) is 19.3 Å². The van der Waals surface area contributed by atoms with Gasteiger partial charge in [0.2, 0.25) is 0 Å². The number of ether oxygens (including phenoxy) is 3. The Balaban J connectivity index is 4.44. The molecule has 374 valence electrons. The standard InChI is InChI=1S/C60H98O6/c1-4-7-10-13-16-19-22-24-26-28-30-32-34-36-38-41-44-47-50-53-59(62)65-56-57(55-64-58(61)52-49-46-43-40-21-18-15-12-9-6-3)66-60(63)54-51-48-45-42-39-37-35-33-31-29-27-25-23-20-17-14-11-8-5-2/h7-8,10-11,16-17,19-20,24-27,30-33,36,38,57H,4-6,9,12-15,18,21-23,28-29,34-35,37,39-56H2,1-3H3/b10-7-,11-8-,19-16-,20-17-,26-24-,27-25-,32-30-,33-31-,38-36-. The Hall–Kier alpha value is -3.93. The van der Waals surface area contributed by atoms with Crippen molar-refractivity contribution in [2.45, 2.75) is 239 Å². The number of unbranched alkanes of at least 4 members (excludes halogenated alkanes) is 18. The highest BCUT2D eigenvalue weighted by atomic mass is 16.6. The molecule has 0 amide bonds. The van der Waals surface area contributed by atoms with Crippen LogP contribution in [0.25, 0.3) is 0 Å². The zero-order valence-corrected chi connectivity index (χ0v) is 42.7. The predicted molar refractivity (Wildman–Crippen MR) is 283 cm³/mol. The molecule has 66 heavy (non-hydrogen) atoms.